The van der Waals surface area contributed by atoms with Crippen LogP contribution in [0.5, 0.6) is 0 Å². The number of furan rings is 1. The summed E-state index contributed by atoms with van der Waals surface area (Å²) in [5.41, 5.74) is 0. The molecule has 0 radical (unpaired) electrons. The van der Waals surface area contributed by atoms with Crippen molar-refractivity contribution in [3.8, 4) is 0 Å². The largest absolute Gasteiger partial charge is 0.475 e. The van der Waals surface area contributed by atoms with Gasteiger partial charge in [-0.3, -0.25) is 0 Å². The Balaban J connectivity index is 2.05. The first kappa shape index (κ1) is 14.7. The van der Waals surface area contributed by atoms with Gasteiger partial charge in [0.1, 0.15) is 5.76 Å². The maximum absolute atomic E-state index is 10.6. The number of aromatic carboxylic acids is 1. The molecule has 5 heteroatoms. The van der Waals surface area contributed by atoms with E-state index in [0.717, 1.165) is 19.6 Å². The van der Waals surface area contributed by atoms with Crippen molar-refractivity contribution in [3.05, 3.63) is 23.7 Å². The van der Waals surface area contributed by atoms with Gasteiger partial charge in [0.2, 0.25) is 5.76 Å². The Kier molecular flexibility index (Phi) is 6.46. The zero-order valence-corrected chi connectivity index (χ0v) is 10.9. The average molecular weight is 255 g/mol. The first-order valence-electron chi connectivity index (χ1n) is 6.20. The van der Waals surface area contributed by atoms with Crippen molar-refractivity contribution in [2.45, 2.75) is 26.8 Å². The van der Waals surface area contributed by atoms with E-state index in [-0.39, 0.29) is 5.76 Å². The molecule has 5 nitrogen and oxygen atoms in total. The van der Waals surface area contributed by atoms with E-state index in [1.54, 1.807) is 6.07 Å². The molecule has 102 valence electrons. The molecular formula is C13H21NO4. The van der Waals surface area contributed by atoms with E-state index in [2.05, 4.69) is 19.2 Å². The normalized spacial score (nSPS) is 11.1. The molecule has 0 aliphatic heterocycles. The lowest BCUT2D eigenvalue weighted by molar-refractivity contribution is 0.0660. The molecule has 0 aromatic carbocycles. The molecule has 1 aromatic heterocycles. The first-order chi connectivity index (χ1) is 8.59. The van der Waals surface area contributed by atoms with E-state index in [1.165, 1.54) is 6.07 Å². The number of carbonyl (C=O) groups is 1. The highest BCUT2D eigenvalue weighted by Crippen LogP contribution is 2.07. The summed E-state index contributed by atoms with van der Waals surface area (Å²) < 4.78 is 10.5. The number of carboxylic acid groups (broad SMARTS) is 1. The SMILES string of the molecule is CC(C)CCOCCNCc1ccc(C(=O)O)o1. The highest BCUT2D eigenvalue weighted by molar-refractivity contribution is 5.84. The number of rotatable bonds is 9. The van der Waals surface area contributed by atoms with Gasteiger partial charge in [0, 0.05) is 13.2 Å². The van der Waals surface area contributed by atoms with E-state index in [4.69, 9.17) is 14.3 Å². The molecule has 1 aromatic rings. The highest BCUT2D eigenvalue weighted by atomic mass is 16.5. The van der Waals surface area contributed by atoms with Gasteiger partial charge in [0.15, 0.2) is 0 Å². The molecule has 0 fully saturated rings. The zero-order valence-electron chi connectivity index (χ0n) is 10.9. The summed E-state index contributed by atoms with van der Waals surface area (Å²) in [5, 5.41) is 11.8. The van der Waals surface area contributed by atoms with Gasteiger partial charge < -0.3 is 19.6 Å². The predicted molar refractivity (Wildman–Crippen MR) is 67.6 cm³/mol. The average Bonchev–Trinajstić information content (AvgIpc) is 2.76. The number of carboxylic acids is 1. The molecule has 0 atom stereocenters. The standard InChI is InChI=1S/C13H21NO4/c1-10(2)5-7-17-8-6-14-9-11-3-4-12(18-11)13(15)16/h3-4,10,14H,5-9H2,1-2H3,(H,15,16). The Morgan fingerprint density at radius 1 is 1.44 bits per heavy atom. The minimum absolute atomic E-state index is 0.0278. The summed E-state index contributed by atoms with van der Waals surface area (Å²) >= 11 is 0. The lowest BCUT2D eigenvalue weighted by Gasteiger charge is -2.06. The van der Waals surface area contributed by atoms with E-state index < -0.39 is 5.97 Å². The molecule has 0 aliphatic rings. The number of nitrogens with one attached hydrogen (secondary N) is 1. The molecule has 0 bridgehead atoms. The Labute approximate surface area is 107 Å². The van der Waals surface area contributed by atoms with Crippen LogP contribution in [-0.4, -0.2) is 30.8 Å². The Morgan fingerprint density at radius 3 is 2.83 bits per heavy atom. The fraction of sp³-hybridized carbons (Fsp3) is 0.615. The second-order valence-corrected chi connectivity index (χ2v) is 4.54. The van der Waals surface area contributed by atoms with Gasteiger partial charge in [-0.1, -0.05) is 13.8 Å². The molecule has 1 rings (SSSR count). The van der Waals surface area contributed by atoms with Gasteiger partial charge in [-0.25, -0.2) is 4.79 Å². The maximum atomic E-state index is 10.6. The molecule has 0 saturated heterocycles. The summed E-state index contributed by atoms with van der Waals surface area (Å²) in [6.45, 7) is 7.00. The first-order valence-corrected chi connectivity index (χ1v) is 6.20. The van der Waals surface area contributed by atoms with Gasteiger partial charge >= 0.3 is 5.97 Å². The Bertz CT molecular complexity index is 360. The van der Waals surface area contributed by atoms with Crippen molar-refractivity contribution in [1.29, 1.82) is 0 Å². The van der Waals surface area contributed by atoms with Crippen molar-refractivity contribution in [3.63, 3.8) is 0 Å². The van der Waals surface area contributed by atoms with Crippen molar-refractivity contribution < 1.29 is 19.1 Å². The van der Waals surface area contributed by atoms with E-state index in [9.17, 15) is 4.79 Å². The fourth-order valence-corrected chi connectivity index (χ4v) is 1.36. The summed E-state index contributed by atoms with van der Waals surface area (Å²) in [4.78, 5) is 10.6. The zero-order chi connectivity index (χ0) is 13.4. The maximum Gasteiger partial charge on any atom is 0.371 e. The third-order valence-electron chi connectivity index (χ3n) is 2.43. The van der Waals surface area contributed by atoms with Gasteiger partial charge in [-0.15, -0.1) is 0 Å². The van der Waals surface area contributed by atoms with Crippen molar-refractivity contribution in [2.24, 2.45) is 5.92 Å². The summed E-state index contributed by atoms with van der Waals surface area (Å²) in [6.07, 6.45) is 1.07. The van der Waals surface area contributed by atoms with Crippen LogP contribution < -0.4 is 5.32 Å². The molecule has 0 saturated carbocycles. The topological polar surface area (TPSA) is 71.7 Å². The van der Waals surface area contributed by atoms with E-state index in [0.29, 0.717) is 24.8 Å². The number of hydrogen-bond donors (Lipinski definition) is 2. The van der Waals surface area contributed by atoms with Crippen LogP contribution in [0.4, 0.5) is 0 Å². The van der Waals surface area contributed by atoms with Gasteiger partial charge in [0.05, 0.1) is 13.2 Å². The summed E-state index contributed by atoms with van der Waals surface area (Å²) in [6, 6.07) is 3.12. The molecule has 0 amide bonds. The van der Waals surface area contributed by atoms with Crippen molar-refractivity contribution >= 4 is 5.97 Å². The lowest BCUT2D eigenvalue weighted by Crippen LogP contribution is -2.19. The molecule has 0 aliphatic carbocycles. The number of hydrogen-bond acceptors (Lipinski definition) is 4. The lowest BCUT2D eigenvalue weighted by atomic mass is 10.1. The minimum atomic E-state index is -1.04. The predicted octanol–water partition coefficient (Wildman–Crippen LogP) is 2.13. The van der Waals surface area contributed by atoms with Crippen LogP contribution in [0.2, 0.25) is 0 Å². The highest BCUT2D eigenvalue weighted by Gasteiger charge is 2.07. The van der Waals surface area contributed by atoms with Crippen molar-refractivity contribution in [1.82, 2.24) is 5.32 Å². The van der Waals surface area contributed by atoms with Crippen LogP contribution in [-0.2, 0) is 11.3 Å². The van der Waals surface area contributed by atoms with Crippen LogP contribution in [0.25, 0.3) is 0 Å². The summed E-state index contributed by atoms with van der Waals surface area (Å²) in [5.74, 6) is 0.211. The van der Waals surface area contributed by atoms with E-state index >= 15 is 0 Å². The van der Waals surface area contributed by atoms with Crippen LogP contribution in [0.1, 0.15) is 36.6 Å². The monoisotopic (exact) mass is 255 g/mol. The van der Waals surface area contributed by atoms with E-state index in [1.807, 2.05) is 0 Å². The van der Waals surface area contributed by atoms with Gasteiger partial charge in [-0.2, -0.15) is 0 Å². The van der Waals surface area contributed by atoms with Gasteiger partial charge in [-0.05, 0) is 24.5 Å². The second-order valence-electron chi connectivity index (χ2n) is 4.54. The minimum Gasteiger partial charge on any atom is -0.475 e. The smallest absolute Gasteiger partial charge is 0.371 e. The molecular weight excluding hydrogens is 234 g/mol. The summed E-state index contributed by atoms with van der Waals surface area (Å²) in [7, 11) is 0. The molecule has 0 spiro atoms. The quantitative estimate of drug-likeness (QED) is 0.661. The third-order valence-corrected chi connectivity index (χ3v) is 2.43. The molecule has 2 N–H and O–H groups in total. The molecule has 18 heavy (non-hydrogen) atoms. The van der Waals surface area contributed by atoms with Gasteiger partial charge in [0.25, 0.3) is 0 Å². The van der Waals surface area contributed by atoms with Crippen LogP contribution in [0, 0.1) is 5.92 Å². The molecule has 1 heterocycles. The Morgan fingerprint density at radius 2 is 2.22 bits per heavy atom. The second kappa shape index (κ2) is 7.89. The molecule has 0 unspecified atom stereocenters. The van der Waals surface area contributed by atoms with Crippen LogP contribution in [0.3, 0.4) is 0 Å². The Hall–Kier alpha value is -1.33. The van der Waals surface area contributed by atoms with Crippen molar-refractivity contribution in [2.75, 3.05) is 19.8 Å². The number of ether oxygens (including phenoxy) is 1. The third kappa shape index (κ3) is 5.84. The fourth-order valence-electron chi connectivity index (χ4n) is 1.36. The van der Waals surface area contributed by atoms with Crippen LogP contribution in [0.15, 0.2) is 16.5 Å². The van der Waals surface area contributed by atoms with Crippen LogP contribution >= 0.6 is 0 Å².